The van der Waals surface area contributed by atoms with Crippen molar-refractivity contribution in [1.29, 1.82) is 0 Å². The number of hydrogen-bond donors (Lipinski definition) is 0. The first-order chi connectivity index (χ1) is 7.88. The minimum atomic E-state index is 0.755. The zero-order valence-electron chi connectivity index (χ0n) is 8.97. The van der Waals surface area contributed by atoms with Crippen LogP contribution in [0.25, 0.3) is 0 Å². The van der Waals surface area contributed by atoms with Crippen molar-refractivity contribution in [2.45, 2.75) is 6.42 Å². The smallest absolute Gasteiger partial charge is 0.145 e. The monoisotopic (exact) mass is 211 g/mol. The SMILES string of the molecule is C=CCc1cncc(Oc2ccccc2)c1. The molecule has 0 saturated carbocycles. The molecule has 80 valence electrons. The van der Waals surface area contributed by atoms with E-state index in [9.17, 15) is 0 Å². The van der Waals surface area contributed by atoms with Crippen molar-refractivity contribution in [2.24, 2.45) is 0 Å². The fraction of sp³-hybridized carbons (Fsp3) is 0.0714. The predicted molar refractivity (Wildman–Crippen MR) is 64.7 cm³/mol. The molecule has 1 heterocycles. The second kappa shape index (κ2) is 5.12. The molecular formula is C14H13NO. The summed E-state index contributed by atoms with van der Waals surface area (Å²) in [7, 11) is 0. The van der Waals surface area contributed by atoms with Crippen LogP contribution in [0.3, 0.4) is 0 Å². The molecule has 2 nitrogen and oxygen atoms in total. The third-order valence-electron chi connectivity index (χ3n) is 2.13. The molecule has 0 bridgehead atoms. The lowest BCUT2D eigenvalue weighted by atomic mass is 10.2. The summed E-state index contributed by atoms with van der Waals surface area (Å²) in [5.41, 5.74) is 1.10. The molecule has 0 aliphatic carbocycles. The second-order valence-electron chi connectivity index (χ2n) is 3.44. The van der Waals surface area contributed by atoms with Crippen LogP contribution in [-0.2, 0) is 6.42 Å². The zero-order valence-corrected chi connectivity index (χ0v) is 8.97. The Labute approximate surface area is 95.2 Å². The molecule has 1 aromatic heterocycles. The predicted octanol–water partition coefficient (Wildman–Crippen LogP) is 3.60. The molecular weight excluding hydrogens is 198 g/mol. The van der Waals surface area contributed by atoms with Gasteiger partial charge in [-0.3, -0.25) is 4.98 Å². The summed E-state index contributed by atoms with van der Waals surface area (Å²) in [5.74, 6) is 1.57. The van der Waals surface area contributed by atoms with E-state index >= 15 is 0 Å². The maximum atomic E-state index is 5.67. The van der Waals surface area contributed by atoms with Crippen molar-refractivity contribution in [3.05, 3.63) is 67.0 Å². The average Bonchev–Trinajstić information content (AvgIpc) is 2.31. The van der Waals surface area contributed by atoms with Crippen molar-refractivity contribution in [1.82, 2.24) is 4.98 Å². The molecule has 1 aromatic carbocycles. The lowest BCUT2D eigenvalue weighted by Crippen LogP contribution is -1.88. The Bertz CT molecular complexity index is 465. The average molecular weight is 211 g/mol. The van der Waals surface area contributed by atoms with Gasteiger partial charge in [-0.1, -0.05) is 24.3 Å². The molecule has 0 spiro atoms. The molecule has 0 aliphatic heterocycles. The summed E-state index contributed by atoms with van der Waals surface area (Å²) in [6.45, 7) is 3.70. The summed E-state index contributed by atoms with van der Waals surface area (Å²) in [4.78, 5) is 4.13. The third kappa shape index (κ3) is 2.70. The van der Waals surface area contributed by atoms with E-state index in [1.807, 2.05) is 48.7 Å². The Kier molecular flexibility index (Phi) is 3.34. The van der Waals surface area contributed by atoms with Gasteiger partial charge in [0, 0.05) is 6.20 Å². The van der Waals surface area contributed by atoms with E-state index in [-0.39, 0.29) is 0 Å². The van der Waals surface area contributed by atoms with E-state index in [0.29, 0.717) is 0 Å². The van der Waals surface area contributed by atoms with Gasteiger partial charge in [-0.25, -0.2) is 0 Å². The van der Waals surface area contributed by atoms with Gasteiger partial charge >= 0.3 is 0 Å². The largest absolute Gasteiger partial charge is 0.456 e. The maximum absolute atomic E-state index is 5.67. The van der Waals surface area contributed by atoms with E-state index in [4.69, 9.17) is 4.74 Å². The fourth-order valence-electron chi connectivity index (χ4n) is 1.42. The van der Waals surface area contributed by atoms with Crippen LogP contribution < -0.4 is 4.74 Å². The molecule has 0 radical (unpaired) electrons. The topological polar surface area (TPSA) is 22.1 Å². The molecule has 0 fully saturated rings. The number of aromatic nitrogens is 1. The van der Waals surface area contributed by atoms with E-state index in [1.54, 1.807) is 6.20 Å². The maximum Gasteiger partial charge on any atom is 0.145 e. The number of pyridine rings is 1. The van der Waals surface area contributed by atoms with Crippen molar-refractivity contribution in [2.75, 3.05) is 0 Å². The Morgan fingerprint density at radius 3 is 2.69 bits per heavy atom. The van der Waals surface area contributed by atoms with Crippen LogP contribution in [0, 0.1) is 0 Å². The molecule has 0 N–H and O–H groups in total. The summed E-state index contributed by atoms with van der Waals surface area (Å²) in [6.07, 6.45) is 6.18. The van der Waals surface area contributed by atoms with Crippen molar-refractivity contribution < 1.29 is 4.74 Å². The van der Waals surface area contributed by atoms with Gasteiger partial charge < -0.3 is 4.74 Å². The van der Waals surface area contributed by atoms with E-state index < -0.39 is 0 Å². The molecule has 0 saturated heterocycles. The summed E-state index contributed by atoms with van der Waals surface area (Å²) in [5, 5.41) is 0. The molecule has 0 aliphatic rings. The molecule has 0 amide bonds. The summed E-state index contributed by atoms with van der Waals surface area (Å²) >= 11 is 0. The molecule has 2 aromatic rings. The van der Waals surface area contributed by atoms with Gasteiger partial charge in [0.15, 0.2) is 0 Å². The first kappa shape index (κ1) is 10.4. The summed E-state index contributed by atoms with van der Waals surface area (Å²) < 4.78 is 5.67. The van der Waals surface area contributed by atoms with Crippen LogP contribution in [0.2, 0.25) is 0 Å². The van der Waals surface area contributed by atoms with E-state index in [1.165, 1.54) is 0 Å². The Balaban J connectivity index is 2.15. The minimum absolute atomic E-state index is 0.755. The van der Waals surface area contributed by atoms with Crippen LogP contribution in [0.5, 0.6) is 11.5 Å². The van der Waals surface area contributed by atoms with Crippen molar-refractivity contribution in [3.8, 4) is 11.5 Å². The first-order valence-corrected chi connectivity index (χ1v) is 5.16. The highest BCUT2D eigenvalue weighted by Crippen LogP contribution is 2.20. The third-order valence-corrected chi connectivity index (χ3v) is 2.13. The van der Waals surface area contributed by atoms with Crippen LogP contribution in [0.15, 0.2) is 61.4 Å². The molecule has 2 heteroatoms. The number of hydrogen-bond acceptors (Lipinski definition) is 2. The number of benzene rings is 1. The lowest BCUT2D eigenvalue weighted by Gasteiger charge is -2.05. The van der Waals surface area contributed by atoms with E-state index in [0.717, 1.165) is 23.5 Å². The molecule has 16 heavy (non-hydrogen) atoms. The highest BCUT2D eigenvalue weighted by Gasteiger charge is 1.98. The number of ether oxygens (including phenoxy) is 1. The van der Waals surface area contributed by atoms with Crippen LogP contribution in [0.1, 0.15) is 5.56 Å². The minimum Gasteiger partial charge on any atom is -0.456 e. The Hall–Kier alpha value is -2.09. The second-order valence-corrected chi connectivity index (χ2v) is 3.44. The van der Waals surface area contributed by atoms with Gasteiger partial charge in [-0.2, -0.15) is 0 Å². The fourth-order valence-corrected chi connectivity index (χ4v) is 1.42. The summed E-state index contributed by atoms with van der Waals surface area (Å²) in [6, 6.07) is 11.6. The number of allylic oxidation sites excluding steroid dienone is 1. The van der Waals surface area contributed by atoms with Crippen molar-refractivity contribution in [3.63, 3.8) is 0 Å². The molecule has 2 rings (SSSR count). The van der Waals surface area contributed by atoms with E-state index in [2.05, 4.69) is 11.6 Å². The molecule has 0 atom stereocenters. The highest BCUT2D eigenvalue weighted by atomic mass is 16.5. The lowest BCUT2D eigenvalue weighted by molar-refractivity contribution is 0.479. The Morgan fingerprint density at radius 1 is 1.12 bits per heavy atom. The van der Waals surface area contributed by atoms with Crippen LogP contribution in [0.4, 0.5) is 0 Å². The number of para-hydroxylation sites is 1. The van der Waals surface area contributed by atoms with Gasteiger partial charge in [-0.05, 0) is 30.2 Å². The highest BCUT2D eigenvalue weighted by molar-refractivity contribution is 5.31. The first-order valence-electron chi connectivity index (χ1n) is 5.16. The van der Waals surface area contributed by atoms with Crippen LogP contribution >= 0.6 is 0 Å². The Morgan fingerprint density at radius 2 is 1.94 bits per heavy atom. The number of nitrogens with zero attached hydrogens (tertiary/aromatic N) is 1. The normalized spacial score (nSPS) is 9.75. The van der Waals surface area contributed by atoms with Crippen LogP contribution in [-0.4, -0.2) is 4.98 Å². The van der Waals surface area contributed by atoms with Gasteiger partial charge in [0.25, 0.3) is 0 Å². The van der Waals surface area contributed by atoms with Gasteiger partial charge in [0.05, 0.1) is 6.20 Å². The zero-order chi connectivity index (χ0) is 11.2. The van der Waals surface area contributed by atoms with Gasteiger partial charge in [0.1, 0.15) is 11.5 Å². The molecule has 0 unspecified atom stereocenters. The standard InChI is InChI=1S/C14H13NO/c1-2-6-12-9-14(11-15-10-12)16-13-7-4-3-5-8-13/h2-5,7-11H,1,6H2. The quantitative estimate of drug-likeness (QED) is 0.721. The van der Waals surface area contributed by atoms with Gasteiger partial charge in [0.2, 0.25) is 0 Å². The number of rotatable bonds is 4. The van der Waals surface area contributed by atoms with Gasteiger partial charge in [-0.15, -0.1) is 6.58 Å². The van der Waals surface area contributed by atoms with Crippen molar-refractivity contribution >= 4 is 0 Å².